The standard InChI is InChI=1S/C13H13BrClN3/c14-9-6-17-12-10(11(9)15)13(7-18-12)3-1-8(5-13)2-4-16/h6,8H,1-3,5,7H2,(H,17,18). The minimum atomic E-state index is 0.0880. The van der Waals surface area contributed by atoms with E-state index in [1.54, 1.807) is 6.20 Å². The highest BCUT2D eigenvalue weighted by Crippen LogP contribution is 2.53. The van der Waals surface area contributed by atoms with Gasteiger partial charge in [0.25, 0.3) is 0 Å². The van der Waals surface area contributed by atoms with Crippen LogP contribution in [0.25, 0.3) is 0 Å². The average molecular weight is 327 g/mol. The number of aromatic nitrogens is 1. The lowest BCUT2D eigenvalue weighted by atomic mass is 9.80. The van der Waals surface area contributed by atoms with Crippen LogP contribution >= 0.6 is 27.5 Å². The Hall–Kier alpha value is -0.790. The van der Waals surface area contributed by atoms with E-state index in [9.17, 15) is 0 Å². The van der Waals surface area contributed by atoms with E-state index in [1.165, 1.54) is 0 Å². The van der Waals surface area contributed by atoms with Crippen LogP contribution in [0.15, 0.2) is 10.7 Å². The van der Waals surface area contributed by atoms with Crippen molar-refractivity contribution in [2.75, 3.05) is 11.9 Å². The molecule has 1 aromatic rings. The second kappa shape index (κ2) is 4.40. The maximum Gasteiger partial charge on any atom is 0.131 e. The van der Waals surface area contributed by atoms with E-state index >= 15 is 0 Å². The van der Waals surface area contributed by atoms with Crippen LogP contribution in [0.3, 0.4) is 0 Å². The highest BCUT2D eigenvalue weighted by Gasteiger charge is 2.47. The normalized spacial score (nSPS) is 29.1. The topological polar surface area (TPSA) is 48.7 Å². The summed E-state index contributed by atoms with van der Waals surface area (Å²) in [6, 6.07) is 2.29. The first-order chi connectivity index (χ1) is 8.66. The second-order valence-electron chi connectivity index (χ2n) is 5.25. The summed E-state index contributed by atoms with van der Waals surface area (Å²) in [7, 11) is 0. The van der Waals surface area contributed by atoms with Crippen molar-refractivity contribution in [2.45, 2.75) is 31.1 Å². The van der Waals surface area contributed by atoms with Crippen LogP contribution in [-0.4, -0.2) is 11.5 Å². The van der Waals surface area contributed by atoms with Gasteiger partial charge in [-0.3, -0.25) is 0 Å². The molecular weight excluding hydrogens is 314 g/mol. The molecule has 2 atom stereocenters. The molecule has 0 aromatic carbocycles. The molecular formula is C13H13BrClN3. The zero-order chi connectivity index (χ0) is 12.8. The molecule has 1 saturated carbocycles. The van der Waals surface area contributed by atoms with Gasteiger partial charge in [0, 0.05) is 30.1 Å². The highest BCUT2D eigenvalue weighted by atomic mass is 79.9. The fraction of sp³-hybridized carbons (Fsp3) is 0.538. The smallest absolute Gasteiger partial charge is 0.131 e. The molecule has 0 saturated heterocycles. The first-order valence-electron chi connectivity index (χ1n) is 6.11. The van der Waals surface area contributed by atoms with Crippen molar-refractivity contribution in [3.63, 3.8) is 0 Å². The van der Waals surface area contributed by atoms with Crippen molar-refractivity contribution in [3.8, 4) is 6.07 Å². The fourth-order valence-electron chi connectivity index (χ4n) is 3.35. The number of rotatable bonds is 1. The molecule has 5 heteroatoms. The molecule has 2 unspecified atom stereocenters. The Balaban J connectivity index is 2.00. The lowest BCUT2D eigenvalue weighted by Crippen LogP contribution is -2.25. The van der Waals surface area contributed by atoms with E-state index in [0.29, 0.717) is 12.3 Å². The van der Waals surface area contributed by atoms with E-state index < -0.39 is 0 Å². The summed E-state index contributed by atoms with van der Waals surface area (Å²) in [5.41, 5.74) is 1.24. The molecule has 2 heterocycles. The molecule has 0 amide bonds. The zero-order valence-corrected chi connectivity index (χ0v) is 12.2. The molecule has 1 aromatic heterocycles. The fourth-order valence-corrected chi connectivity index (χ4v) is 3.99. The van der Waals surface area contributed by atoms with Crippen LogP contribution in [0, 0.1) is 17.2 Å². The number of pyridine rings is 1. The summed E-state index contributed by atoms with van der Waals surface area (Å²) >= 11 is 9.89. The van der Waals surface area contributed by atoms with Gasteiger partial charge >= 0.3 is 0 Å². The number of hydrogen-bond acceptors (Lipinski definition) is 3. The van der Waals surface area contributed by atoms with Gasteiger partial charge in [-0.2, -0.15) is 5.26 Å². The van der Waals surface area contributed by atoms with Crippen molar-refractivity contribution >= 4 is 33.3 Å². The van der Waals surface area contributed by atoms with E-state index in [0.717, 1.165) is 46.7 Å². The van der Waals surface area contributed by atoms with Crippen molar-refractivity contribution in [2.24, 2.45) is 5.92 Å². The molecule has 3 nitrogen and oxygen atoms in total. The van der Waals surface area contributed by atoms with Gasteiger partial charge in [-0.15, -0.1) is 0 Å². The third-order valence-corrected chi connectivity index (χ3v) is 5.41. The monoisotopic (exact) mass is 325 g/mol. The van der Waals surface area contributed by atoms with E-state index in [2.05, 4.69) is 32.3 Å². The Morgan fingerprint density at radius 1 is 1.67 bits per heavy atom. The van der Waals surface area contributed by atoms with Crippen LogP contribution in [0.5, 0.6) is 0 Å². The number of anilines is 1. The average Bonchev–Trinajstić information content (AvgIpc) is 2.91. The van der Waals surface area contributed by atoms with Gasteiger partial charge in [-0.05, 0) is 41.1 Å². The number of nitrogens with one attached hydrogen (secondary N) is 1. The minimum Gasteiger partial charge on any atom is -0.369 e. The maximum atomic E-state index is 8.84. The van der Waals surface area contributed by atoms with Crippen LogP contribution in [0.4, 0.5) is 5.82 Å². The van der Waals surface area contributed by atoms with Gasteiger partial charge in [0.1, 0.15) is 5.82 Å². The molecule has 1 N–H and O–H groups in total. The Bertz CT molecular complexity index is 540. The van der Waals surface area contributed by atoms with Gasteiger partial charge in [-0.25, -0.2) is 4.98 Å². The molecule has 94 valence electrons. The molecule has 3 rings (SSSR count). The van der Waals surface area contributed by atoms with Crippen molar-refractivity contribution in [1.29, 1.82) is 5.26 Å². The van der Waals surface area contributed by atoms with Crippen molar-refractivity contribution < 1.29 is 0 Å². The number of nitriles is 1. The quantitative estimate of drug-likeness (QED) is 0.852. The predicted molar refractivity (Wildman–Crippen MR) is 74.7 cm³/mol. The van der Waals surface area contributed by atoms with Crippen LogP contribution < -0.4 is 5.32 Å². The van der Waals surface area contributed by atoms with Gasteiger partial charge in [0.2, 0.25) is 0 Å². The summed E-state index contributed by atoms with van der Waals surface area (Å²) in [6.45, 7) is 0.896. The maximum absolute atomic E-state index is 8.84. The zero-order valence-electron chi connectivity index (χ0n) is 9.84. The van der Waals surface area contributed by atoms with Crippen LogP contribution in [0.1, 0.15) is 31.2 Å². The third-order valence-electron chi connectivity index (χ3n) is 4.19. The molecule has 1 spiro atoms. The first kappa shape index (κ1) is 12.3. The van der Waals surface area contributed by atoms with Gasteiger partial charge in [0.05, 0.1) is 15.6 Å². The van der Waals surface area contributed by atoms with Crippen molar-refractivity contribution in [3.05, 3.63) is 21.3 Å². The van der Waals surface area contributed by atoms with Gasteiger partial charge < -0.3 is 5.32 Å². The summed E-state index contributed by atoms with van der Waals surface area (Å²) in [4.78, 5) is 4.40. The Morgan fingerprint density at radius 2 is 2.50 bits per heavy atom. The molecule has 1 aliphatic carbocycles. The Labute approximate surface area is 120 Å². The first-order valence-corrected chi connectivity index (χ1v) is 7.29. The number of halogens is 2. The largest absolute Gasteiger partial charge is 0.369 e. The second-order valence-corrected chi connectivity index (χ2v) is 6.48. The molecule has 0 radical (unpaired) electrons. The number of hydrogen-bond donors (Lipinski definition) is 1. The molecule has 2 aliphatic rings. The summed E-state index contributed by atoms with van der Waals surface area (Å²) in [5, 5.41) is 13.0. The van der Waals surface area contributed by atoms with Crippen LogP contribution in [0.2, 0.25) is 5.02 Å². The highest BCUT2D eigenvalue weighted by molar-refractivity contribution is 9.10. The van der Waals surface area contributed by atoms with Gasteiger partial charge in [-0.1, -0.05) is 11.6 Å². The Morgan fingerprint density at radius 3 is 3.28 bits per heavy atom. The van der Waals surface area contributed by atoms with Crippen molar-refractivity contribution in [1.82, 2.24) is 4.98 Å². The van der Waals surface area contributed by atoms with E-state index in [4.69, 9.17) is 16.9 Å². The minimum absolute atomic E-state index is 0.0880. The predicted octanol–water partition coefficient (Wildman–Crippen LogP) is 3.87. The molecule has 18 heavy (non-hydrogen) atoms. The van der Waals surface area contributed by atoms with E-state index in [1.807, 2.05) is 0 Å². The summed E-state index contributed by atoms with van der Waals surface area (Å²) < 4.78 is 0.856. The third kappa shape index (κ3) is 1.72. The molecule has 1 aliphatic heterocycles. The number of nitrogens with zero attached hydrogens (tertiary/aromatic N) is 2. The van der Waals surface area contributed by atoms with E-state index in [-0.39, 0.29) is 5.41 Å². The summed E-state index contributed by atoms with van der Waals surface area (Å²) in [5.74, 6) is 1.42. The van der Waals surface area contributed by atoms with Crippen LogP contribution in [-0.2, 0) is 5.41 Å². The van der Waals surface area contributed by atoms with Gasteiger partial charge in [0.15, 0.2) is 0 Å². The SMILES string of the molecule is N#CCC1CCC2(CNc3ncc(Br)c(Cl)c32)C1. The Kier molecular flexibility index (Phi) is 2.99. The lowest BCUT2D eigenvalue weighted by Gasteiger charge is -2.24. The number of fused-ring (bicyclic) bond motifs is 2. The molecule has 1 fully saturated rings. The molecule has 0 bridgehead atoms. The lowest BCUT2D eigenvalue weighted by molar-refractivity contribution is 0.454. The summed E-state index contributed by atoms with van der Waals surface area (Å²) in [6.07, 6.45) is 5.64.